The number of nitrogens with zero attached hydrogens (tertiary/aromatic N) is 3. The number of rotatable bonds is 5. The zero-order chi connectivity index (χ0) is 18.8. The second kappa shape index (κ2) is 7.47. The van der Waals surface area contributed by atoms with Crippen molar-refractivity contribution in [2.45, 2.75) is 43.3 Å². The van der Waals surface area contributed by atoms with E-state index < -0.39 is 17.3 Å². The predicted octanol–water partition coefficient (Wildman–Crippen LogP) is 4.08. The van der Waals surface area contributed by atoms with Crippen LogP contribution in [0, 0.1) is 0 Å². The third-order valence-electron chi connectivity index (χ3n) is 3.58. The monoisotopic (exact) mass is 372 g/mol. The van der Waals surface area contributed by atoms with Gasteiger partial charge in [-0.1, -0.05) is 37.7 Å². The fraction of sp³-hybridized carbons (Fsp3) is 0.438. The molecule has 0 aliphatic heterocycles. The highest BCUT2D eigenvalue weighted by molar-refractivity contribution is 8.00. The average molecular weight is 372 g/mol. The van der Waals surface area contributed by atoms with Crippen LogP contribution < -0.4 is 5.32 Å². The molecular formula is C16H19F3N4OS. The summed E-state index contributed by atoms with van der Waals surface area (Å²) in [6.07, 6.45) is -4.58. The van der Waals surface area contributed by atoms with Crippen molar-refractivity contribution in [1.82, 2.24) is 14.8 Å². The van der Waals surface area contributed by atoms with E-state index in [0.717, 1.165) is 21.9 Å². The maximum absolute atomic E-state index is 12.7. The topological polar surface area (TPSA) is 59.8 Å². The second-order valence-corrected chi connectivity index (χ2v) is 7.20. The van der Waals surface area contributed by atoms with Gasteiger partial charge >= 0.3 is 6.18 Å². The fourth-order valence-corrected chi connectivity index (χ4v) is 2.89. The summed E-state index contributed by atoms with van der Waals surface area (Å²) < 4.78 is 39.0. The molecule has 1 amide bonds. The number of benzene rings is 1. The highest BCUT2D eigenvalue weighted by atomic mass is 32.2. The van der Waals surface area contributed by atoms with E-state index in [1.54, 1.807) is 19.1 Å². The van der Waals surface area contributed by atoms with E-state index in [2.05, 4.69) is 29.4 Å². The van der Waals surface area contributed by atoms with Gasteiger partial charge in [0, 0.05) is 12.7 Å². The number of amides is 1. The molecule has 1 unspecified atom stereocenters. The Bertz CT molecular complexity index is 741. The molecule has 5 nitrogen and oxygen atoms in total. The van der Waals surface area contributed by atoms with Gasteiger partial charge in [0.2, 0.25) is 11.7 Å². The molecule has 1 atom stereocenters. The van der Waals surface area contributed by atoms with Crippen LogP contribution in [0.3, 0.4) is 0 Å². The molecule has 0 fully saturated rings. The Balaban J connectivity index is 2.02. The van der Waals surface area contributed by atoms with Gasteiger partial charge in [0.05, 0.1) is 5.25 Å². The summed E-state index contributed by atoms with van der Waals surface area (Å²) in [6.45, 7) is 5.75. The lowest BCUT2D eigenvalue weighted by atomic mass is 10.0. The van der Waals surface area contributed by atoms with E-state index in [4.69, 9.17) is 0 Å². The first kappa shape index (κ1) is 19.3. The van der Waals surface area contributed by atoms with Gasteiger partial charge in [0.15, 0.2) is 5.16 Å². The zero-order valence-electron chi connectivity index (χ0n) is 14.3. The highest BCUT2D eigenvalue weighted by Crippen LogP contribution is 2.31. The van der Waals surface area contributed by atoms with Gasteiger partial charge in [0.25, 0.3) is 0 Å². The summed E-state index contributed by atoms with van der Waals surface area (Å²) >= 11 is 0.920. The van der Waals surface area contributed by atoms with E-state index in [0.29, 0.717) is 11.6 Å². The molecule has 25 heavy (non-hydrogen) atoms. The lowest BCUT2D eigenvalue weighted by Gasteiger charge is -2.13. The van der Waals surface area contributed by atoms with Gasteiger partial charge in [-0.15, -0.1) is 10.2 Å². The van der Waals surface area contributed by atoms with Crippen molar-refractivity contribution in [2.75, 3.05) is 5.32 Å². The lowest BCUT2D eigenvalue weighted by molar-refractivity contribution is -0.147. The van der Waals surface area contributed by atoms with E-state index in [-0.39, 0.29) is 11.1 Å². The Kier molecular flexibility index (Phi) is 5.76. The van der Waals surface area contributed by atoms with Crippen LogP contribution in [0.4, 0.5) is 18.9 Å². The number of carbonyl (C=O) groups excluding carboxylic acids is 1. The molecule has 2 aromatic rings. The number of anilines is 1. The van der Waals surface area contributed by atoms with Gasteiger partial charge in [0.1, 0.15) is 0 Å². The second-order valence-electron chi connectivity index (χ2n) is 5.89. The first-order valence-electron chi connectivity index (χ1n) is 7.63. The van der Waals surface area contributed by atoms with Crippen LogP contribution in [0.15, 0.2) is 29.4 Å². The quantitative estimate of drug-likeness (QED) is 0.804. The molecule has 9 heteroatoms. The van der Waals surface area contributed by atoms with Crippen LogP contribution >= 0.6 is 11.8 Å². The minimum atomic E-state index is -4.58. The normalized spacial score (nSPS) is 13.1. The molecule has 0 aliphatic carbocycles. The fourth-order valence-electron chi connectivity index (χ4n) is 2.07. The van der Waals surface area contributed by atoms with Crippen molar-refractivity contribution in [3.05, 3.63) is 35.7 Å². The number of hydrogen-bond donors (Lipinski definition) is 1. The van der Waals surface area contributed by atoms with Gasteiger partial charge in [-0.3, -0.25) is 4.79 Å². The number of thioether (sulfide) groups is 1. The molecule has 0 radical (unpaired) electrons. The Labute approximate surface area is 148 Å². The first-order chi connectivity index (χ1) is 11.6. The summed E-state index contributed by atoms with van der Waals surface area (Å²) in [5, 5.41) is 8.81. The molecule has 1 aromatic heterocycles. The molecule has 1 N–H and O–H groups in total. The van der Waals surface area contributed by atoms with Crippen molar-refractivity contribution in [2.24, 2.45) is 7.05 Å². The van der Waals surface area contributed by atoms with Crippen LogP contribution in [-0.2, 0) is 18.0 Å². The maximum Gasteiger partial charge on any atom is 0.451 e. The lowest BCUT2D eigenvalue weighted by Crippen LogP contribution is -2.23. The third-order valence-corrected chi connectivity index (χ3v) is 4.72. The standard InChI is InChI=1S/C16H19F3N4OS/c1-9(2)11-5-7-12(8-6-11)20-13(24)10(3)25-15-22-21-14(23(15)4)16(17,18)19/h5-10H,1-4H3,(H,20,24). The largest absolute Gasteiger partial charge is 0.451 e. The molecule has 1 heterocycles. The number of aromatic nitrogens is 3. The van der Waals surface area contributed by atoms with Crippen molar-refractivity contribution < 1.29 is 18.0 Å². The Morgan fingerprint density at radius 1 is 1.16 bits per heavy atom. The van der Waals surface area contributed by atoms with Crippen LogP contribution in [0.5, 0.6) is 0 Å². The molecule has 0 saturated heterocycles. The van der Waals surface area contributed by atoms with Gasteiger partial charge in [-0.25, -0.2) is 0 Å². The van der Waals surface area contributed by atoms with Crippen LogP contribution in [0.1, 0.15) is 38.1 Å². The molecule has 136 valence electrons. The van der Waals surface area contributed by atoms with Crippen molar-refractivity contribution in [3.63, 3.8) is 0 Å². The SMILES string of the molecule is CC(Sc1nnc(C(F)(F)F)n1C)C(=O)Nc1ccc(C(C)C)cc1. The third kappa shape index (κ3) is 4.75. The molecule has 0 spiro atoms. The molecule has 2 rings (SSSR count). The summed E-state index contributed by atoms with van der Waals surface area (Å²) in [4.78, 5) is 12.2. The zero-order valence-corrected chi connectivity index (χ0v) is 15.1. The number of alkyl halides is 3. The van der Waals surface area contributed by atoms with Gasteiger partial charge in [-0.2, -0.15) is 13.2 Å². The summed E-state index contributed by atoms with van der Waals surface area (Å²) in [6, 6.07) is 7.45. The Morgan fingerprint density at radius 3 is 2.24 bits per heavy atom. The van der Waals surface area contributed by atoms with E-state index >= 15 is 0 Å². The highest BCUT2D eigenvalue weighted by Gasteiger charge is 2.37. The van der Waals surface area contributed by atoms with Gasteiger partial charge < -0.3 is 9.88 Å². The minimum Gasteiger partial charge on any atom is -0.325 e. The average Bonchev–Trinajstić information content (AvgIpc) is 2.88. The molecule has 0 saturated carbocycles. The van der Waals surface area contributed by atoms with Crippen molar-refractivity contribution in [1.29, 1.82) is 0 Å². The predicted molar refractivity (Wildman–Crippen MR) is 90.5 cm³/mol. The summed E-state index contributed by atoms with van der Waals surface area (Å²) in [7, 11) is 1.22. The van der Waals surface area contributed by atoms with E-state index in [9.17, 15) is 18.0 Å². The Morgan fingerprint density at radius 2 is 1.76 bits per heavy atom. The molecule has 1 aromatic carbocycles. The van der Waals surface area contributed by atoms with E-state index in [1.165, 1.54) is 7.05 Å². The van der Waals surface area contributed by atoms with Crippen LogP contribution in [-0.4, -0.2) is 25.9 Å². The summed E-state index contributed by atoms with van der Waals surface area (Å²) in [5.74, 6) is -1.02. The number of halogens is 3. The number of nitrogens with one attached hydrogen (secondary N) is 1. The maximum atomic E-state index is 12.7. The first-order valence-corrected chi connectivity index (χ1v) is 8.51. The summed E-state index contributed by atoms with van der Waals surface area (Å²) in [5.41, 5.74) is 1.79. The number of carbonyl (C=O) groups is 1. The number of hydrogen-bond acceptors (Lipinski definition) is 4. The van der Waals surface area contributed by atoms with Gasteiger partial charge in [-0.05, 0) is 30.5 Å². The van der Waals surface area contributed by atoms with Crippen LogP contribution in [0.25, 0.3) is 0 Å². The molecule has 0 bridgehead atoms. The van der Waals surface area contributed by atoms with Crippen LogP contribution in [0.2, 0.25) is 0 Å². The smallest absolute Gasteiger partial charge is 0.325 e. The molecule has 0 aliphatic rings. The van der Waals surface area contributed by atoms with E-state index in [1.807, 2.05) is 12.1 Å². The van der Waals surface area contributed by atoms with Crippen molar-refractivity contribution in [3.8, 4) is 0 Å². The minimum absolute atomic E-state index is 0.0325. The molecular weight excluding hydrogens is 353 g/mol. The van der Waals surface area contributed by atoms with Crippen molar-refractivity contribution >= 4 is 23.4 Å². The Hall–Kier alpha value is -2.03.